The van der Waals surface area contributed by atoms with Crippen molar-refractivity contribution in [3.05, 3.63) is 120 Å². The molecule has 24 heteroatoms. The van der Waals surface area contributed by atoms with Crippen LogP contribution < -0.4 is 54.5 Å². The number of ether oxygens (including phenoxy) is 2. The average molecular weight is 838 g/mol. The van der Waals surface area contributed by atoms with E-state index in [1.165, 1.54) is 12.4 Å². The topological polar surface area (TPSA) is 284 Å². The lowest BCUT2D eigenvalue weighted by Crippen LogP contribution is -3.00. The number of hydrogen-bond acceptors (Lipinski definition) is 14. The van der Waals surface area contributed by atoms with Crippen LogP contribution in [0.5, 0.6) is 0 Å². The van der Waals surface area contributed by atoms with Crippen LogP contribution in [0.4, 0.5) is 0 Å². The molecule has 0 saturated carbocycles. The molecule has 0 fully saturated rings. The molecule has 0 aromatic carbocycles. The van der Waals surface area contributed by atoms with Crippen molar-refractivity contribution < 1.29 is 98.4 Å². The van der Waals surface area contributed by atoms with E-state index in [-0.39, 0.29) is 24.8 Å². The van der Waals surface area contributed by atoms with Crippen molar-refractivity contribution in [2.75, 3.05) is 14.2 Å². The first-order chi connectivity index (χ1) is 24.9. The molecular formula is C30H38Cl2N8O12S2. The van der Waals surface area contributed by atoms with Gasteiger partial charge < -0.3 is 64.2 Å². The van der Waals surface area contributed by atoms with E-state index in [0.29, 0.717) is 49.4 Å². The molecule has 4 aromatic heterocycles. The Hall–Kier alpha value is -4.88. The minimum absolute atomic E-state index is 0. The quantitative estimate of drug-likeness (QED) is 0.0303. The zero-order chi connectivity index (χ0) is 38.7. The standard InChI is InChI=1S/2C14H14N4O3.2CH4O3S.2ClH/c2*15-14(19)12-4-7-17(8-5-12)10-21-11-18-6-2-1-3-13(18)9-16-20;2*1-4-5(2)3;;/h2*1-9H,10-11H2,(H-,15,19);2*1H3,(H,2,3);2*1H. The molecule has 2 atom stereocenters. The molecule has 54 heavy (non-hydrogen) atoms. The number of rotatable bonds is 14. The maximum absolute atomic E-state index is 11.0. The van der Waals surface area contributed by atoms with Crippen LogP contribution in [-0.4, -0.2) is 66.4 Å². The number of carbonyl (C=O) groups excluding carboxylic acids is 2. The van der Waals surface area contributed by atoms with Gasteiger partial charge >= 0.3 is 0 Å². The number of carbonyl (C=O) groups is 2. The Morgan fingerprint density at radius 3 is 1.22 bits per heavy atom. The molecule has 2 amide bonds. The minimum atomic E-state index is -2.32. The van der Waals surface area contributed by atoms with E-state index < -0.39 is 34.5 Å². The van der Waals surface area contributed by atoms with Crippen LogP contribution in [0.2, 0.25) is 0 Å². The molecule has 4 rings (SSSR count). The molecule has 2 unspecified atom stereocenters. The lowest BCUT2D eigenvalue weighted by Gasteiger charge is -2.00. The summed E-state index contributed by atoms with van der Waals surface area (Å²) in [4.78, 5) is 21.9. The molecule has 4 aromatic rings. The lowest BCUT2D eigenvalue weighted by atomic mass is 10.2. The van der Waals surface area contributed by atoms with Gasteiger partial charge in [0, 0.05) is 48.5 Å². The van der Waals surface area contributed by atoms with E-state index in [0.717, 1.165) is 14.2 Å². The van der Waals surface area contributed by atoms with Gasteiger partial charge in [-0.25, -0.2) is 8.42 Å². The zero-order valence-corrected chi connectivity index (χ0v) is 31.8. The summed E-state index contributed by atoms with van der Waals surface area (Å²) in [6.45, 7) is 1.23. The van der Waals surface area contributed by atoms with Crippen LogP contribution in [0.15, 0.2) is 108 Å². The van der Waals surface area contributed by atoms with Crippen LogP contribution in [0, 0.1) is 0 Å². The van der Waals surface area contributed by atoms with E-state index >= 15 is 0 Å². The summed E-state index contributed by atoms with van der Waals surface area (Å²) < 4.78 is 62.2. The van der Waals surface area contributed by atoms with E-state index in [2.05, 4.69) is 18.7 Å². The van der Waals surface area contributed by atoms with Gasteiger partial charge in [-0.05, 0) is 12.1 Å². The first-order valence-electron chi connectivity index (χ1n) is 14.3. The predicted octanol–water partition coefficient (Wildman–Crippen LogP) is -7.54. The van der Waals surface area contributed by atoms with Crippen LogP contribution in [0.3, 0.4) is 0 Å². The summed E-state index contributed by atoms with van der Waals surface area (Å²) in [5.41, 5.74) is 12.7. The Bertz CT molecular complexity index is 1650. The SMILES string of the molecule is COS(=O)[O-].COS(=O)[O-].NC(=O)c1cc[n+](COC[n+]2ccccc2/C=N/O)cc1.NC(=O)c1cc[n+](COC[n+]2ccccc2/C=N/O)cc1.[Cl-].[Cl-]. The Kier molecular flexibility index (Phi) is 29.0. The summed E-state index contributed by atoms with van der Waals surface area (Å²) in [7, 11) is 2.17. The van der Waals surface area contributed by atoms with E-state index in [1.807, 2.05) is 36.7 Å². The third-order valence-electron chi connectivity index (χ3n) is 5.90. The Morgan fingerprint density at radius 1 is 0.648 bits per heavy atom. The maximum Gasteiger partial charge on any atom is 0.258 e. The number of nitrogens with two attached hydrogens (primary N) is 2. The lowest BCUT2D eigenvalue weighted by molar-refractivity contribution is -0.789. The molecule has 20 nitrogen and oxygen atoms in total. The van der Waals surface area contributed by atoms with Crippen molar-refractivity contribution >= 4 is 47.0 Å². The van der Waals surface area contributed by atoms with Crippen molar-refractivity contribution in [1.29, 1.82) is 0 Å². The summed E-state index contributed by atoms with van der Waals surface area (Å²) in [6.07, 6.45) is 13.2. The largest absolute Gasteiger partial charge is 1.00 e. The Labute approximate surface area is 327 Å². The number of oxime groups is 2. The number of hydrogen-bond donors (Lipinski definition) is 4. The van der Waals surface area contributed by atoms with Crippen molar-refractivity contribution in [2.24, 2.45) is 21.8 Å². The average Bonchev–Trinajstić information content (AvgIpc) is 3.14. The van der Waals surface area contributed by atoms with E-state index in [4.69, 9.17) is 48.9 Å². The van der Waals surface area contributed by atoms with Crippen molar-refractivity contribution in [2.45, 2.75) is 26.9 Å². The van der Waals surface area contributed by atoms with Crippen molar-refractivity contribution in [1.82, 2.24) is 0 Å². The van der Waals surface area contributed by atoms with Gasteiger partial charge in [-0.1, -0.05) is 10.3 Å². The number of primary amides is 2. The fourth-order valence-corrected chi connectivity index (χ4v) is 3.47. The molecule has 0 bridgehead atoms. The molecule has 0 aliphatic heterocycles. The molecule has 0 aliphatic carbocycles. The maximum atomic E-state index is 11.0. The fourth-order valence-electron chi connectivity index (χ4n) is 3.47. The van der Waals surface area contributed by atoms with E-state index in [1.54, 1.807) is 79.5 Å². The molecule has 0 radical (unpaired) electrons. The molecule has 4 heterocycles. The third kappa shape index (κ3) is 22.2. The zero-order valence-electron chi connectivity index (χ0n) is 28.6. The summed E-state index contributed by atoms with van der Waals surface area (Å²) in [5.74, 6) is -0.924. The second-order valence-corrected chi connectivity index (χ2v) is 10.8. The Balaban J connectivity index is 0. The second-order valence-electron chi connectivity index (χ2n) is 9.28. The first-order valence-corrected chi connectivity index (χ1v) is 16.3. The first kappa shape index (κ1) is 51.2. The molecular weight excluding hydrogens is 799 g/mol. The third-order valence-corrected chi connectivity index (χ3v) is 6.44. The molecule has 0 aliphatic rings. The van der Waals surface area contributed by atoms with Gasteiger partial charge in [-0.15, -0.1) is 0 Å². The minimum Gasteiger partial charge on any atom is -1.00 e. The number of halogens is 2. The van der Waals surface area contributed by atoms with Crippen LogP contribution in [-0.2, 0) is 67.5 Å². The van der Waals surface area contributed by atoms with E-state index in [9.17, 15) is 9.59 Å². The normalized spacial score (nSPS) is 11.2. The number of nitrogens with zero attached hydrogens (tertiary/aromatic N) is 6. The Morgan fingerprint density at radius 2 is 0.963 bits per heavy atom. The van der Waals surface area contributed by atoms with Crippen molar-refractivity contribution in [3.63, 3.8) is 0 Å². The summed E-state index contributed by atoms with van der Waals surface area (Å²) in [5, 5.41) is 23.2. The number of amides is 2. The van der Waals surface area contributed by atoms with Gasteiger partial charge in [0.2, 0.25) is 23.2 Å². The highest BCUT2D eigenvalue weighted by atomic mass is 35.5. The monoisotopic (exact) mass is 836 g/mol. The second kappa shape index (κ2) is 30.6. The van der Waals surface area contributed by atoms with Crippen molar-refractivity contribution in [3.8, 4) is 0 Å². The van der Waals surface area contributed by atoms with Crippen LogP contribution >= 0.6 is 0 Å². The highest BCUT2D eigenvalue weighted by Gasteiger charge is 2.11. The fraction of sp³-hybridized carbons (Fsp3) is 0.200. The molecule has 0 saturated heterocycles. The van der Waals surface area contributed by atoms with Gasteiger partial charge in [0.25, 0.3) is 26.9 Å². The van der Waals surface area contributed by atoms with Gasteiger partial charge in [0.05, 0.1) is 48.1 Å². The van der Waals surface area contributed by atoms with Gasteiger partial charge in [-0.3, -0.25) is 19.1 Å². The van der Waals surface area contributed by atoms with Crippen LogP contribution in [0.1, 0.15) is 32.1 Å². The highest BCUT2D eigenvalue weighted by molar-refractivity contribution is 7.74. The van der Waals surface area contributed by atoms with Gasteiger partial charge in [-0.2, -0.15) is 18.3 Å². The number of aromatic nitrogens is 4. The predicted molar refractivity (Wildman–Crippen MR) is 176 cm³/mol. The molecule has 296 valence electrons. The smallest absolute Gasteiger partial charge is 0.258 e. The van der Waals surface area contributed by atoms with Gasteiger partial charge in [0.15, 0.2) is 37.2 Å². The number of pyridine rings is 4. The molecule has 0 spiro atoms. The molecule has 6 N–H and O–H groups in total. The highest BCUT2D eigenvalue weighted by Crippen LogP contribution is 1.94. The summed E-state index contributed by atoms with van der Waals surface area (Å²) in [6, 6.07) is 17.5. The summed E-state index contributed by atoms with van der Waals surface area (Å²) >= 11 is -4.65. The van der Waals surface area contributed by atoms with Gasteiger partial charge in [0.1, 0.15) is 12.4 Å². The van der Waals surface area contributed by atoms with Crippen LogP contribution in [0.25, 0.3) is 0 Å².